The molecule has 0 spiro atoms. The van der Waals surface area contributed by atoms with E-state index < -0.39 is 6.10 Å². The molecule has 2 aromatic rings. The lowest BCUT2D eigenvalue weighted by molar-refractivity contribution is -0.129. The normalized spacial score (nSPS) is 18.6. The second-order valence-corrected chi connectivity index (χ2v) is 7.33. The fourth-order valence-electron chi connectivity index (χ4n) is 3.39. The molecule has 1 aliphatic heterocycles. The third-order valence-corrected chi connectivity index (χ3v) is 4.69. The fraction of sp³-hybridized carbons (Fsp3) is 0.409. The first-order chi connectivity index (χ1) is 12.9. The molecule has 0 saturated heterocycles. The summed E-state index contributed by atoms with van der Waals surface area (Å²) >= 11 is 0. The quantitative estimate of drug-likeness (QED) is 0.826. The van der Waals surface area contributed by atoms with Gasteiger partial charge in [-0.2, -0.15) is 0 Å². The van der Waals surface area contributed by atoms with E-state index in [4.69, 9.17) is 14.2 Å². The zero-order valence-electron chi connectivity index (χ0n) is 16.3. The molecule has 27 heavy (non-hydrogen) atoms. The van der Waals surface area contributed by atoms with Crippen molar-refractivity contribution in [3.8, 4) is 17.2 Å². The first-order valence-electron chi connectivity index (χ1n) is 9.31. The maximum absolute atomic E-state index is 12.9. The molecule has 1 N–H and O–H groups in total. The van der Waals surface area contributed by atoms with E-state index in [1.807, 2.05) is 69.3 Å². The van der Waals surface area contributed by atoms with Crippen molar-refractivity contribution < 1.29 is 19.0 Å². The van der Waals surface area contributed by atoms with Crippen LogP contribution in [0.15, 0.2) is 48.5 Å². The average Bonchev–Trinajstić information content (AvgIpc) is 2.65. The van der Waals surface area contributed by atoms with Crippen molar-refractivity contribution in [3.63, 3.8) is 0 Å². The molecular weight excluding hydrogens is 342 g/mol. The number of ether oxygens (including phenoxy) is 3. The molecule has 0 fully saturated rings. The van der Waals surface area contributed by atoms with Gasteiger partial charge in [-0.05, 0) is 38.5 Å². The molecule has 2 atom stereocenters. The smallest absolute Gasteiger partial charge is 0.261 e. The van der Waals surface area contributed by atoms with Crippen molar-refractivity contribution in [2.45, 2.75) is 51.4 Å². The zero-order valence-corrected chi connectivity index (χ0v) is 16.3. The third kappa shape index (κ3) is 4.35. The first kappa shape index (κ1) is 19.1. The Morgan fingerprint density at radius 1 is 1.19 bits per heavy atom. The van der Waals surface area contributed by atoms with Crippen molar-refractivity contribution >= 4 is 5.91 Å². The van der Waals surface area contributed by atoms with Gasteiger partial charge < -0.3 is 19.5 Å². The van der Waals surface area contributed by atoms with Crippen LogP contribution >= 0.6 is 0 Å². The van der Waals surface area contributed by atoms with Gasteiger partial charge in [0, 0.05) is 12.0 Å². The molecule has 1 amide bonds. The molecule has 2 aromatic carbocycles. The van der Waals surface area contributed by atoms with Gasteiger partial charge in [-0.1, -0.05) is 37.3 Å². The molecule has 5 nitrogen and oxygen atoms in total. The summed E-state index contributed by atoms with van der Waals surface area (Å²) < 4.78 is 17.3. The van der Waals surface area contributed by atoms with Gasteiger partial charge in [-0.3, -0.25) is 4.79 Å². The van der Waals surface area contributed by atoms with Crippen LogP contribution in [0, 0.1) is 0 Å². The summed E-state index contributed by atoms with van der Waals surface area (Å²) in [7, 11) is 1.59. The van der Waals surface area contributed by atoms with Crippen molar-refractivity contribution in [2.75, 3.05) is 7.11 Å². The fourth-order valence-corrected chi connectivity index (χ4v) is 3.39. The van der Waals surface area contributed by atoms with Crippen LogP contribution in [0.2, 0.25) is 0 Å². The van der Waals surface area contributed by atoms with Gasteiger partial charge in [-0.25, -0.2) is 0 Å². The zero-order chi connectivity index (χ0) is 19.4. The molecule has 0 bridgehead atoms. The Balaban J connectivity index is 1.77. The van der Waals surface area contributed by atoms with Gasteiger partial charge in [0.1, 0.15) is 11.4 Å². The van der Waals surface area contributed by atoms with E-state index >= 15 is 0 Å². The second kappa shape index (κ2) is 7.91. The van der Waals surface area contributed by atoms with Crippen LogP contribution in [0.25, 0.3) is 0 Å². The Hall–Kier alpha value is -2.69. The largest absolute Gasteiger partial charge is 0.493 e. The predicted octanol–water partition coefficient (Wildman–Crippen LogP) is 4.27. The number of rotatable bonds is 6. The van der Waals surface area contributed by atoms with Gasteiger partial charge in [0.15, 0.2) is 17.6 Å². The summed E-state index contributed by atoms with van der Waals surface area (Å²) in [5.41, 5.74) is 0.648. The van der Waals surface area contributed by atoms with Gasteiger partial charge in [0.25, 0.3) is 5.91 Å². The highest BCUT2D eigenvalue weighted by Crippen LogP contribution is 2.39. The maximum atomic E-state index is 12.9. The van der Waals surface area contributed by atoms with Crippen LogP contribution in [0.5, 0.6) is 17.2 Å². The standard InChI is InChI=1S/C22H27NO4/c1-5-17(26-20-13-9-8-12-19(20)25-4)21(24)23-16-14-22(2,3)27-18-11-7-6-10-15(16)18/h6-13,16-17H,5,14H2,1-4H3,(H,23,24)/t16-,17+/m1/s1. The Bertz CT molecular complexity index is 802. The van der Waals surface area contributed by atoms with E-state index in [-0.39, 0.29) is 17.6 Å². The summed E-state index contributed by atoms with van der Waals surface area (Å²) in [6.07, 6.45) is 0.651. The lowest BCUT2D eigenvalue weighted by Crippen LogP contribution is -2.45. The minimum atomic E-state index is -0.598. The van der Waals surface area contributed by atoms with Crippen LogP contribution < -0.4 is 19.5 Å². The van der Waals surface area contributed by atoms with Gasteiger partial charge in [0.05, 0.1) is 13.2 Å². The first-order valence-corrected chi connectivity index (χ1v) is 9.31. The summed E-state index contributed by atoms with van der Waals surface area (Å²) in [4.78, 5) is 12.9. The number of amides is 1. The van der Waals surface area contributed by atoms with E-state index in [9.17, 15) is 4.79 Å². The Morgan fingerprint density at radius 2 is 1.85 bits per heavy atom. The summed E-state index contributed by atoms with van der Waals surface area (Å²) in [6.45, 7) is 6.00. The number of methoxy groups -OCH3 is 1. The monoisotopic (exact) mass is 369 g/mol. The van der Waals surface area contributed by atoms with Gasteiger partial charge >= 0.3 is 0 Å². The minimum absolute atomic E-state index is 0.118. The van der Waals surface area contributed by atoms with Gasteiger partial charge in [0.2, 0.25) is 0 Å². The topological polar surface area (TPSA) is 56.8 Å². The Labute approximate surface area is 160 Å². The maximum Gasteiger partial charge on any atom is 0.261 e. The molecule has 3 rings (SSSR count). The van der Waals surface area contributed by atoms with E-state index in [1.165, 1.54) is 0 Å². The molecule has 0 aromatic heterocycles. The highest BCUT2D eigenvalue weighted by molar-refractivity contribution is 5.81. The summed E-state index contributed by atoms with van der Waals surface area (Å²) in [5.74, 6) is 1.86. The number of benzene rings is 2. The lowest BCUT2D eigenvalue weighted by atomic mass is 9.89. The van der Waals surface area contributed by atoms with Crippen molar-refractivity contribution in [1.82, 2.24) is 5.32 Å². The molecule has 0 saturated carbocycles. The van der Waals surface area contributed by atoms with E-state index in [2.05, 4.69) is 5.32 Å². The molecule has 0 radical (unpaired) electrons. The molecule has 144 valence electrons. The van der Waals surface area contributed by atoms with Crippen LogP contribution in [0.4, 0.5) is 0 Å². The summed E-state index contributed by atoms with van der Waals surface area (Å²) in [5, 5.41) is 3.15. The van der Waals surface area contributed by atoms with Crippen molar-refractivity contribution in [3.05, 3.63) is 54.1 Å². The van der Waals surface area contributed by atoms with E-state index in [1.54, 1.807) is 7.11 Å². The third-order valence-electron chi connectivity index (χ3n) is 4.69. The molecule has 5 heteroatoms. The van der Waals surface area contributed by atoms with E-state index in [0.29, 0.717) is 24.3 Å². The van der Waals surface area contributed by atoms with Gasteiger partial charge in [-0.15, -0.1) is 0 Å². The molecular formula is C22H27NO4. The minimum Gasteiger partial charge on any atom is -0.493 e. The number of hydrogen-bond donors (Lipinski definition) is 1. The average molecular weight is 369 g/mol. The van der Waals surface area contributed by atoms with E-state index in [0.717, 1.165) is 11.3 Å². The number of hydrogen-bond acceptors (Lipinski definition) is 4. The van der Waals surface area contributed by atoms with Crippen molar-refractivity contribution in [2.24, 2.45) is 0 Å². The van der Waals surface area contributed by atoms with Crippen LogP contribution in [0.3, 0.4) is 0 Å². The number of fused-ring (bicyclic) bond motifs is 1. The molecule has 1 heterocycles. The van der Waals surface area contributed by atoms with Crippen LogP contribution in [-0.2, 0) is 4.79 Å². The van der Waals surface area contributed by atoms with Crippen molar-refractivity contribution in [1.29, 1.82) is 0 Å². The molecule has 0 aliphatic carbocycles. The van der Waals surface area contributed by atoms with Crippen LogP contribution in [-0.4, -0.2) is 24.7 Å². The molecule has 1 aliphatic rings. The second-order valence-electron chi connectivity index (χ2n) is 7.33. The summed E-state index contributed by atoms with van der Waals surface area (Å²) in [6, 6.07) is 15.1. The number of nitrogens with one attached hydrogen (secondary N) is 1. The SMILES string of the molecule is CC[C@H](Oc1ccccc1OC)C(=O)N[C@@H]1CC(C)(C)Oc2ccccc21. The highest BCUT2D eigenvalue weighted by Gasteiger charge is 2.35. The lowest BCUT2D eigenvalue weighted by Gasteiger charge is -2.38. The number of carbonyl (C=O) groups excluding carboxylic acids is 1. The number of carbonyl (C=O) groups is 1. The molecule has 0 unspecified atom stereocenters. The van der Waals surface area contributed by atoms with Crippen LogP contribution in [0.1, 0.15) is 45.2 Å². The predicted molar refractivity (Wildman–Crippen MR) is 104 cm³/mol. The highest BCUT2D eigenvalue weighted by atomic mass is 16.5. The Kier molecular flexibility index (Phi) is 5.59. The number of para-hydroxylation sites is 3. The Morgan fingerprint density at radius 3 is 2.56 bits per heavy atom.